The highest BCUT2D eigenvalue weighted by Crippen LogP contribution is 2.29. The molecule has 7 heteroatoms. The van der Waals surface area contributed by atoms with E-state index < -0.39 is 12.6 Å². The Bertz CT molecular complexity index is 653. The van der Waals surface area contributed by atoms with E-state index in [4.69, 9.17) is 0 Å². The van der Waals surface area contributed by atoms with E-state index in [-0.39, 0.29) is 11.3 Å². The molecule has 2 aromatic rings. The zero-order valence-corrected chi connectivity index (χ0v) is 11.3. The molecule has 0 aliphatic heterocycles. The van der Waals surface area contributed by atoms with Crippen LogP contribution in [0.2, 0.25) is 0 Å². The molecule has 0 saturated carbocycles. The van der Waals surface area contributed by atoms with Gasteiger partial charge in [-0.1, -0.05) is 6.92 Å². The Morgan fingerprint density at radius 1 is 1.45 bits per heavy atom. The smallest absolute Gasteiger partial charge is 0.387 e. The van der Waals surface area contributed by atoms with Gasteiger partial charge < -0.3 is 14.0 Å². The Hall–Kier alpha value is -2.18. The maximum Gasteiger partial charge on any atom is 0.387 e. The van der Waals surface area contributed by atoms with Gasteiger partial charge in [0.25, 0.3) is 0 Å². The number of methoxy groups -OCH3 is 1. The van der Waals surface area contributed by atoms with Gasteiger partial charge in [-0.05, 0) is 12.1 Å². The molecule has 0 saturated heterocycles. The molecule has 0 radical (unpaired) electrons. The molecule has 1 aromatic carbocycles. The number of carbonyl (C=O) groups excluding carboxylic acids is 1. The Kier molecular flexibility index (Phi) is 3.87. The molecular weight excluding hydrogens is 270 g/mol. The summed E-state index contributed by atoms with van der Waals surface area (Å²) in [5, 5.41) is 0. The third kappa shape index (κ3) is 2.43. The highest BCUT2D eigenvalue weighted by molar-refractivity contribution is 5.96. The second-order valence-corrected chi connectivity index (χ2v) is 4.15. The first kappa shape index (κ1) is 14.2. The molecule has 0 amide bonds. The van der Waals surface area contributed by atoms with Crippen molar-refractivity contribution in [2.45, 2.75) is 20.0 Å². The third-order valence-corrected chi connectivity index (χ3v) is 3.00. The summed E-state index contributed by atoms with van der Waals surface area (Å²) in [5.74, 6) is -0.0420. The molecule has 0 fully saturated rings. The van der Waals surface area contributed by atoms with E-state index in [2.05, 4.69) is 14.5 Å². The molecule has 1 aromatic heterocycles. The number of halogens is 2. The van der Waals surface area contributed by atoms with Crippen molar-refractivity contribution in [3.05, 3.63) is 23.5 Å². The number of hydrogen-bond donors (Lipinski definition) is 0. The Balaban J connectivity index is 2.69. The number of nitrogens with zero attached hydrogens (tertiary/aromatic N) is 2. The monoisotopic (exact) mass is 284 g/mol. The summed E-state index contributed by atoms with van der Waals surface area (Å²) in [6.07, 6.45) is 0.632. The van der Waals surface area contributed by atoms with Gasteiger partial charge in [-0.25, -0.2) is 9.78 Å². The molecular formula is C13H14F2N2O3. The predicted molar refractivity (Wildman–Crippen MR) is 68.1 cm³/mol. The fourth-order valence-corrected chi connectivity index (χ4v) is 2.04. The zero-order chi connectivity index (χ0) is 14.9. The second-order valence-electron chi connectivity index (χ2n) is 4.15. The lowest BCUT2D eigenvalue weighted by atomic mass is 10.2. The summed E-state index contributed by atoms with van der Waals surface area (Å²) in [5.41, 5.74) is 0.985. The van der Waals surface area contributed by atoms with Gasteiger partial charge in [0, 0.05) is 13.5 Å². The minimum atomic E-state index is -2.99. The Labute approximate surface area is 114 Å². The minimum Gasteiger partial charge on any atom is -0.465 e. The van der Waals surface area contributed by atoms with Gasteiger partial charge in [0.1, 0.15) is 11.3 Å². The van der Waals surface area contributed by atoms with Crippen molar-refractivity contribution in [2.75, 3.05) is 7.11 Å². The number of aromatic nitrogens is 2. The van der Waals surface area contributed by atoms with E-state index in [1.54, 1.807) is 17.7 Å². The van der Waals surface area contributed by atoms with Crippen molar-refractivity contribution in [2.24, 2.45) is 7.05 Å². The summed E-state index contributed by atoms with van der Waals surface area (Å²) in [4.78, 5) is 15.9. The van der Waals surface area contributed by atoms with Gasteiger partial charge in [0.05, 0.1) is 18.2 Å². The molecule has 0 aliphatic rings. The van der Waals surface area contributed by atoms with Crippen LogP contribution in [0.15, 0.2) is 12.1 Å². The van der Waals surface area contributed by atoms with Crippen LogP contribution in [0.4, 0.5) is 8.78 Å². The average Bonchev–Trinajstić information content (AvgIpc) is 2.74. The van der Waals surface area contributed by atoms with E-state index >= 15 is 0 Å². The number of ether oxygens (including phenoxy) is 2. The number of rotatable bonds is 4. The normalized spacial score (nSPS) is 11.1. The van der Waals surface area contributed by atoms with Gasteiger partial charge >= 0.3 is 12.6 Å². The highest BCUT2D eigenvalue weighted by atomic mass is 19.3. The number of aryl methyl sites for hydroxylation is 2. The zero-order valence-electron chi connectivity index (χ0n) is 11.3. The minimum absolute atomic E-state index is 0.131. The van der Waals surface area contributed by atoms with Crippen LogP contribution in [0.1, 0.15) is 23.1 Å². The highest BCUT2D eigenvalue weighted by Gasteiger charge is 2.18. The molecule has 0 N–H and O–H groups in total. The van der Waals surface area contributed by atoms with Crippen molar-refractivity contribution < 1.29 is 23.0 Å². The SMILES string of the molecule is CCc1nc2c(OC(F)F)cc(C(=O)OC)cc2n1C. The molecule has 108 valence electrons. The van der Waals surface area contributed by atoms with E-state index in [9.17, 15) is 13.6 Å². The Morgan fingerprint density at radius 3 is 2.70 bits per heavy atom. The first-order valence-electron chi connectivity index (χ1n) is 6.00. The summed E-state index contributed by atoms with van der Waals surface area (Å²) in [7, 11) is 2.97. The standard InChI is InChI=1S/C13H14F2N2O3/c1-4-10-16-11-8(17(10)2)5-7(12(18)19-3)6-9(11)20-13(14)15/h5-6,13H,4H2,1-3H3. The molecule has 2 rings (SSSR count). The molecule has 0 bridgehead atoms. The maximum atomic E-state index is 12.5. The number of alkyl halides is 2. The van der Waals surface area contributed by atoms with E-state index in [1.807, 2.05) is 6.92 Å². The van der Waals surface area contributed by atoms with Crippen LogP contribution in [0.25, 0.3) is 11.0 Å². The number of esters is 1. The molecule has 1 heterocycles. The number of fused-ring (bicyclic) bond motifs is 1. The molecule has 0 aliphatic carbocycles. The largest absolute Gasteiger partial charge is 0.465 e. The van der Waals surface area contributed by atoms with Crippen molar-refractivity contribution >= 4 is 17.0 Å². The van der Waals surface area contributed by atoms with E-state index in [0.29, 0.717) is 23.3 Å². The fourth-order valence-electron chi connectivity index (χ4n) is 2.04. The second kappa shape index (κ2) is 5.44. The van der Waals surface area contributed by atoms with Crippen LogP contribution < -0.4 is 4.74 Å². The fraction of sp³-hybridized carbons (Fsp3) is 0.385. The van der Waals surface area contributed by atoms with E-state index in [1.165, 1.54) is 13.2 Å². The molecule has 0 unspecified atom stereocenters. The number of imidazole rings is 1. The van der Waals surface area contributed by atoms with Gasteiger partial charge in [0.15, 0.2) is 5.75 Å². The molecule has 0 atom stereocenters. The van der Waals surface area contributed by atoms with Crippen LogP contribution in [0.5, 0.6) is 5.75 Å². The quantitative estimate of drug-likeness (QED) is 0.810. The summed E-state index contributed by atoms with van der Waals surface area (Å²) in [6, 6.07) is 2.76. The first-order chi connectivity index (χ1) is 9.47. The van der Waals surface area contributed by atoms with Gasteiger partial charge in [0.2, 0.25) is 0 Å². The predicted octanol–water partition coefficient (Wildman–Crippen LogP) is 2.52. The van der Waals surface area contributed by atoms with Crippen LogP contribution in [-0.4, -0.2) is 29.2 Å². The van der Waals surface area contributed by atoms with Gasteiger partial charge in [-0.3, -0.25) is 0 Å². The van der Waals surface area contributed by atoms with Crippen LogP contribution in [0, 0.1) is 0 Å². The number of hydrogen-bond acceptors (Lipinski definition) is 4. The van der Waals surface area contributed by atoms with Crippen molar-refractivity contribution in [1.29, 1.82) is 0 Å². The van der Waals surface area contributed by atoms with Crippen LogP contribution >= 0.6 is 0 Å². The van der Waals surface area contributed by atoms with Crippen molar-refractivity contribution in [3.63, 3.8) is 0 Å². The first-order valence-corrected chi connectivity index (χ1v) is 6.00. The summed E-state index contributed by atoms with van der Waals surface area (Å²) >= 11 is 0. The average molecular weight is 284 g/mol. The lowest BCUT2D eigenvalue weighted by Gasteiger charge is -2.08. The van der Waals surface area contributed by atoms with Gasteiger partial charge in [-0.15, -0.1) is 0 Å². The van der Waals surface area contributed by atoms with Crippen molar-refractivity contribution in [3.8, 4) is 5.75 Å². The van der Waals surface area contributed by atoms with Crippen LogP contribution in [0.3, 0.4) is 0 Å². The third-order valence-electron chi connectivity index (χ3n) is 3.00. The number of benzene rings is 1. The van der Waals surface area contributed by atoms with Crippen molar-refractivity contribution in [1.82, 2.24) is 9.55 Å². The number of carbonyl (C=O) groups is 1. The van der Waals surface area contributed by atoms with Crippen LogP contribution in [-0.2, 0) is 18.2 Å². The lowest BCUT2D eigenvalue weighted by Crippen LogP contribution is -2.06. The molecule has 5 nitrogen and oxygen atoms in total. The maximum absolute atomic E-state index is 12.5. The molecule has 20 heavy (non-hydrogen) atoms. The lowest BCUT2D eigenvalue weighted by molar-refractivity contribution is -0.0489. The topological polar surface area (TPSA) is 53.4 Å². The van der Waals surface area contributed by atoms with E-state index in [0.717, 1.165) is 0 Å². The summed E-state index contributed by atoms with van der Waals surface area (Å²) in [6.45, 7) is -1.09. The summed E-state index contributed by atoms with van der Waals surface area (Å²) < 4.78 is 35.8. The van der Waals surface area contributed by atoms with Gasteiger partial charge in [-0.2, -0.15) is 8.78 Å². The molecule has 0 spiro atoms. The Morgan fingerprint density at radius 2 is 2.15 bits per heavy atom.